The van der Waals surface area contributed by atoms with E-state index in [1.54, 1.807) is 0 Å². The van der Waals surface area contributed by atoms with Crippen molar-refractivity contribution in [2.75, 3.05) is 0 Å². The Labute approximate surface area is 260 Å². The van der Waals surface area contributed by atoms with Crippen LogP contribution in [-0.2, 0) is 26.1 Å². The molecule has 0 aliphatic heterocycles. The van der Waals surface area contributed by atoms with Gasteiger partial charge >= 0.3 is 18.1 Å². The molecular formula is C36H51F3O5. The van der Waals surface area contributed by atoms with Gasteiger partial charge in [0.15, 0.2) is 0 Å². The number of rotatable bonds is 8. The molecule has 0 bridgehead atoms. The Morgan fingerprint density at radius 3 is 2.25 bits per heavy atom. The molecule has 44 heavy (non-hydrogen) atoms. The quantitative estimate of drug-likeness (QED) is 0.284. The van der Waals surface area contributed by atoms with Crippen LogP contribution >= 0.6 is 0 Å². The first-order chi connectivity index (χ1) is 20.5. The zero-order valence-corrected chi connectivity index (χ0v) is 27.0. The first-order valence-electron chi connectivity index (χ1n) is 16.8. The number of fused-ring (bicyclic) bond motifs is 5. The molecule has 1 unspecified atom stereocenters. The van der Waals surface area contributed by atoms with Crippen molar-refractivity contribution in [3.8, 4) is 0 Å². The molecule has 0 saturated heterocycles. The molecule has 0 aromatic heterocycles. The molecule has 0 spiro atoms. The van der Waals surface area contributed by atoms with E-state index >= 15 is 0 Å². The first-order valence-corrected chi connectivity index (χ1v) is 16.8. The molecule has 5 rings (SSSR count). The second-order valence-electron chi connectivity index (χ2n) is 15.7. The monoisotopic (exact) mass is 620 g/mol. The van der Waals surface area contributed by atoms with Crippen molar-refractivity contribution in [1.29, 1.82) is 0 Å². The van der Waals surface area contributed by atoms with E-state index in [0.717, 1.165) is 50.7 Å². The largest absolute Gasteiger partial charge is 0.481 e. The SMILES string of the molecule is CC(C)C(=O)O[C@@H]1C[C@@H]2C[C@](O)(c3ccc(C(F)(F)F)cc3)CC[C@]2(C)[C@H]2CC[C@]3(C)[C@@H](C(C)CCCC(=O)O)CC[C@H]3[C@H]12. The number of hydrogen-bond acceptors (Lipinski definition) is 4. The van der Waals surface area contributed by atoms with E-state index in [9.17, 15) is 27.9 Å². The summed E-state index contributed by atoms with van der Waals surface area (Å²) in [6, 6.07) is 4.98. The van der Waals surface area contributed by atoms with Gasteiger partial charge in [0, 0.05) is 12.3 Å². The zero-order valence-electron chi connectivity index (χ0n) is 27.0. The second-order valence-corrected chi connectivity index (χ2v) is 15.7. The minimum atomic E-state index is -4.43. The lowest BCUT2D eigenvalue weighted by molar-refractivity contribution is -0.207. The number of ether oxygens (including phenoxy) is 1. The van der Waals surface area contributed by atoms with Crippen LogP contribution in [0.2, 0.25) is 0 Å². The Morgan fingerprint density at radius 1 is 0.977 bits per heavy atom. The average Bonchev–Trinajstić information content (AvgIpc) is 3.30. The highest BCUT2D eigenvalue weighted by atomic mass is 19.4. The number of esters is 1. The molecule has 0 heterocycles. The fourth-order valence-electron chi connectivity index (χ4n) is 10.6. The average molecular weight is 621 g/mol. The number of halogens is 3. The molecule has 10 atom stereocenters. The fourth-order valence-corrected chi connectivity index (χ4v) is 10.6. The lowest BCUT2D eigenvalue weighted by Gasteiger charge is -2.63. The summed E-state index contributed by atoms with van der Waals surface area (Å²) in [5.74, 6) is 0.786. The van der Waals surface area contributed by atoms with E-state index in [1.165, 1.54) is 12.1 Å². The Kier molecular flexibility index (Phi) is 9.02. The van der Waals surface area contributed by atoms with Crippen LogP contribution in [0.4, 0.5) is 13.2 Å². The van der Waals surface area contributed by atoms with E-state index in [1.807, 2.05) is 13.8 Å². The van der Waals surface area contributed by atoms with E-state index in [0.29, 0.717) is 54.9 Å². The number of carbonyl (C=O) groups excluding carboxylic acids is 1. The fraction of sp³-hybridized carbons (Fsp3) is 0.778. The van der Waals surface area contributed by atoms with Crippen molar-refractivity contribution in [2.24, 2.45) is 52.3 Å². The molecular weight excluding hydrogens is 569 g/mol. The normalized spacial score (nSPS) is 39.2. The van der Waals surface area contributed by atoms with Gasteiger partial charge in [-0.05, 0) is 122 Å². The standard InChI is InChI=1S/C36H51F3O5/c1-21(2)32(42)44-29-19-25-20-35(43,23-9-11-24(12-10-23)36(37,38)39)18-17-33(25,4)28-15-16-34(5)26(13-14-27(34)31(28)29)22(3)7-6-8-30(40)41/h9-12,21-22,25-29,31,43H,6-8,13-20H2,1-5H3,(H,40,41)/t22?,25-,26-,27+,28+,29-,31+,33+,34-,35+/m1/s1. The molecule has 2 N–H and O–H groups in total. The van der Waals surface area contributed by atoms with Gasteiger partial charge in [0.25, 0.3) is 0 Å². The molecule has 4 aliphatic carbocycles. The van der Waals surface area contributed by atoms with Crippen LogP contribution in [-0.4, -0.2) is 28.3 Å². The molecule has 4 saturated carbocycles. The van der Waals surface area contributed by atoms with Gasteiger partial charge in [-0.2, -0.15) is 13.2 Å². The summed E-state index contributed by atoms with van der Waals surface area (Å²) < 4.78 is 46.1. The van der Waals surface area contributed by atoms with Crippen LogP contribution in [0.25, 0.3) is 0 Å². The summed E-state index contributed by atoms with van der Waals surface area (Å²) in [4.78, 5) is 24.2. The number of aliphatic hydroxyl groups is 1. The minimum absolute atomic E-state index is 0.0595. The molecule has 5 nitrogen and oxygen atoms in total. The van der Waals surface area contributed by atoms with Gasteiger partial charge < -0.3 is 14.9 Å². The smallest absolute Gasteiger partial charge is 0.416 e. The number of aliphatic carboxylic acids is 1. The van der Waals surface area contributed by atoms with Crippen LogP contribution in [0.1, 0.15) is 116 Å². The first kappa shape index (κ1) is 33.3. The molecule has 8 heteroatoms. The number of hydrogen-bond donors (Lipinski definition) is 2. The van der Waals surface area contributed by atoms with Crippen molar-refractivity contribution in [2.45, 2.75) is 123 Å². The number of carbonyl (C=O) groups is 2. The minimum Gasteiger partial charge on any atom is -0.481 e. The lowest BCUT2D eigenvalue weighted by Crippen LogP contribution is -2.60. The number of carboxylic acid groups (broad SMARTS) is 1. The molecule has 4 fully saturated rings. The summed E-state index contributed by atoms with van der Waals surface area (Å²) in [6.45, 7) is 10.8. The lowest BCUT2D eigenvalue weighted by atomic mass is 9.42. The molecule has 0 amide bonds. The predicted octanol–water partition coefficient (Wildman–Crippen LogP) is 8.62. The van der Waals surface area contributed by atoms with E-state index in [4.69, 9.17) is 9.84 Å². The number of carboxylic acids is 1. The van der Waals surface area contributed by atoms with Crippen LogP contribution in [0.3, 0.4) is 0 Å². The van der Waals surface area contributed by atoms with Crippen LogP contribution in [0.5, 0.6) is 0 Å². The topological polar surface area (TPSA) is 83.8 Å². The van der Waals surface area contributed by atoms with Crippen LogP contribution < -0.4 is 0 Å². The maximum Gasteiger partial charge on any atom is 0.416 e. The van der Waals surface area contributed by atoms with E-state index in [-0.39, 0.29) is 47.1 Å². The van der Waals surface area contributed by atoms with Crippen molar-refractivity contribution in [1.82, 2.24) is 0 Å². The third kappa shape index (κ3) is 5.93. The van der Waals surface area contributed by atoms with E-state index < -0.39 is 23.3 Å². The van der Waals surface area contributed by atoms with Crippen molar-refractivity contribution in [3.05, 3.63) is 35.4 Å². The predicted molar refractivity (Wildman–Crippen MR) is 161 cm³/mol. The summed E-state index contributed by atoms with van der Waals surface area (Å²) >= 11 is 0. The second kappa shape index (κ2) is 11.9. The number of alkyl halides is 3. The molecule has 246 valence electrons. The number of benzene rings is 1. The van der Waals surface area contributed by atoms with Crippen LogP contribution in [0.15, 0.2) is 24.3 Å². The molecule has 0 radical (unpaired) electrons. The Balaban J connectivity index is 1.42. The highest BCUT2D eigenvalue weighted by Crippen LogP contribution is 2.69. The highest BCUT2D eigenvalue weighted by molar-refractivity contribution is 5.71. The Bertz CT molecular complexity index is 1210. The maximum atomic E-state index is 13.2. The van der Waals surface area contributed by atoms with Crippen molar-refractivity contribution < 1.29 is 37.7 Å². The van der Waals surface area contributed by atoms with Gasteiger partial charge in [0.1, 0.15) is 6.10 Å². The maximum absolute atomic E-state index is 13.2. The Hall–Kier alpha value is -2.09. The third-order valence-electron chi connectivity index (χ3n) is 13.0. The van der Waals surface area contributed by atoms with Gasteiger partial charge in [-0.1, -0.05) is 46.8 Å². The summed E-state index contributed by atoms with van der Waals surface area (Å²) in [6.07, 6.45) is 3.79. The van der Waals surface area contributed by atoms with Gasteiger partial charge in [-0.15, -0.1) is 0 Å². The van der Waals surface area contributed by atoms with Crippen LogP contribution in [0, 0.1) is 52.3 Å². The van der Waals surface area contributed by atoms with Gasteiger partial charge in [0.05, 0.1) is 17.1 Å². The summed E-state index contributed by atoms with van der Waals surface area (Å²) in [5, 5.41) is 21.1. The Morgan fingerprint density at radius 2 is 1.64 bits per heavy atom. The third-order valence-corrected chi connectivity index (χ3v) is 13.0. The molecule has 4 aliphatic rings. The molecule has 1 aromatic rings. The van der Waals surface area contributed by atoms with Crippen molar-refractivity contribution >= 4 is 11.9 Å². The summed E-state index contributed by atoms with van der Waals surface area (Å²) in [7, 11) is 0. The summed E-state index contributed by atoms with van der Waals surface area (Å²) in [5.41, 5.74) is -1.37. The van der Waals surface area contributed by atoms with E-state index in [2.05, 4.69) is 20.8 Å². The highest BCUT2D eigenvalue weighted by Gasteiger charge is 2.65. The van der Waals surface area contributed by atoms with Crippen molar-refractivity contribution in [3.63, 3.8) is 0 Å². The molecule has 1 aromatic carbocycles. The van der Waals surface area contributed by atoms with Gasteiger partial charge in [-0.3, -0.25) is 9.59 Å². The van der Waals surface area contributed by atoms with Gasteiger partial charge in [0.2, 0.25) is 0 Å². The van der Waals surface area contributed by atoms with Gasteiger partial charge in [-0.25, -0.2) is 0 Å². The zero-order chi connectivity index (χ0) is 32.2.